The molecule has 0 radical (unpaired) electrons. The Morgan fingerprint density at radius 1 is 1.12 bits per heavy atom. The lowest BCUT2D eigenvalue weighted by Crippen LogP contribution is -2.30. The highest BCUT2D eigenvalue weighted by Gasteiger charge is 2.16. The van der Waals surface area contributed by atoms with Crippen LogP contribution in [0, 0.1) is 0 Å². The fourth-order valence-corrected chi connectivity index (χ4v) is 3.63. The van der Waals surface area contributed by atoms with Crippen LogP contribution in [0.25, 0.3) is 0 Å². The molecule has 0 spiro atoms. The number of para-hydroxylation sites is 1. The summed E-state index contributed by atoms with van der Waals surface area (Å²) in [5.74, 6) is 0.295. The van der Waals surface area contributed by atoms with Gasteiger partial charge in [0.1, 0.15) is 0 Å². The van der Waals surface area contributed by atoms with Gasteiger partial charge in [0.05, 0.1) is 10.6 Å². The summed E-state index contributed by atoms with van der Waals surface area (Å²) < 4.78 is 28.1. The van der Waals surface area contributed by atoms with Crippen LogP contribution in [0.15, 0.2) is 53.4 Å². The summed E-state index contributed by atoms with van der Waals surface area (Å²) in [5, 5.41) is 5.14. The Morgan fingerprint density at radius 3 is 2.62 bits per heavy atom. The van der Waals surface area contributed by atoms with E-state index in [1.807, 2.05) is 19.1 Å². The van der Waals surface area contributed by atoms with Crippen molar-refractivity contribution in [3.63, 3.8) is 0 Å². The highest BCUT2D eigenvalue weighted by atomic mass is 35.5. The molecular formula is C18H22ClN3O3S. The molecule has 0 bridgehead atoms. The minimum Gasteiger partial charge on any atom is -0.337 e. The van der Waals surface area contributed by atoms with Crippen molar-refractivity contribution >= 4 is 39.0 Å². The summed E-state index contributed by atoms with van der Waals surface area (Å²) in [6.45, 7) is 2.36. The van der Waals surface area contributed by atoms with Crippen molar-refractivity contribution in [2.45, 2.75) is 24.7 Å². The smallest absolute Gasteiger partial charge is 0.319 e. The van der Waals surface area contributed by atoms with Crippen LogP contribution in [-0.4, -0.2) is 26.9 Å². The molecule has 3 N–H and O–H groups in total. The van der Waals surface area contributed by atoms with Crippen LogP contribution in [-0.2, 0) is 16.4 Å². The van der Waals surface area contributed by atoms with Crippen LogP contribution in [0.4, 0.5) is 16.2 Å². The number of amides is 2. The average Bonchev–Trinajstić information content (AvgIpc) is 2.62. The van der Waals surface area contributed by atoms with Gasteiger partial charge < -0.3 is 10.6 Å². The number of alkyl halides is 1. The van der Waals surface area contributed by atoms with E-state index < -0.39 is 16.1 Å². The Bertz CT molecular complexity index is 856. The molecule has 0 atom stereocenters. The minimum atomic E-state index is -3.77. The maximum atomic E-state index is 12.7. The SMILES string of the molecule is CCCc1ccccc1NS(=O)(=O)c1cccc(NC(=O)NCCCl)c1. The lowest BCUT2D eigenvalue weighted by molar-refractivity contribution is 0.252. The summed E-state index contributed by atoms with van der Waals surface area (Å²) in [6.07, 6.45) is 1.69. The number of hydrogen-bond donors (Lipinski definition) is 3. The highest BCUT2D eigenvalue weighted by molar-refractivity contribution is 7.92. The number of carbonyl (C=O) groups is 1. The maximum absolute atomic E-state index is 12.7. The summed E-state index contributed by atoms with van der Waals surface area (Å²) in [5.41, 5.74) is 1.88. The Hall–Kier alpha value is -2.25. The Morgan fingerprint density at radius 2 is 1.88 bits per heavy atom. The van der Waals surface area contributed by atoms with E-state index in [0.29, 0.717) is 23.8 Å². The molecular weight excluding hydrogens is 374 g/mol. The van der Waals surface area contributed by atoms with E-state index >= 15 is 0 Å². The number of rotatable bonds is 8. The van der Waals surface area contributed by atoms with Crippen LogP contribution in [0.2, 0.25) is 0 Å². The Balaban J connectivity index is 2.19. The van der Waals surface area contributed by atoms with Crippen molar-refractivity contribution in [2.75, 3.05) is 22.5 Å². The number of sulfonamides is 1. The van der Waals surface area contributed by atoms with Crippen LogP contribution < -0.4 is 15.4 Å². The van der Waals surface area contributed by atoms with Gasteiger partial charge in [-0.25, -0.2) is 13.2 Å². The average molecular weight is 396 g/mol. The van der Waals surface area contributed by atoms with Crippen LogP contribution >= 0.6 is 11.6 Å². The van der Waals surface area contributed by atoms with Crippen molar-refractivity contribution in [3.05, 3.63) is 54.1 Å². The zero-order valence-electron chi connectivity index (χ0n) is 14.5. The van der Waals surface area contributed by atoms with Gasteiger partial charge in [-0.3, -0.25) is 4.72 Å². The van der Waals surface area contributed by atoms with Crippen LogP contribution in [0.3, 0.4) is 0 Å². The molecule has 26 heavy (non-hydrogen) atoms. The van der Waals surface area contributed by atoms with Gasteiger partial charge in [0.25, 0.3) is 10.0 Å². The van der Waals surface area contributed by atoms with Crippen molar-refractivity contribution in [1.29, 1.82) is 0 Å². The fourth-order valence-electron chi connectivity index (χ4n) is 2.39. The first-order valence-electron chi connectivity index (χ1n) is 8.28. The van der Waals surface area contributed by atoms with Gasteiger partial charge in [0.15, 0.2) is 0 Å². The molecule has 0 saturated carbocycles. The van der Waals surface area contributed by atoms with Crippen LogP contribution in [0.5, 0.6) is 0 Å². The molecule has 0 aliphatic carbocycles. The monoisotopic (exact) mass is 395 g/mol. The summed E-state index contributed by atoms with van der Waals surface area (Å²) in [4.78, 5) is 11.8. The molecule has 2 amide bonds. The first-order valence-corrected chi connectivity index (χ1v) is 10.3. The third-order valence-corrected chi connectivity index (χ3v) is 5.12. The number of benzene rings is 2. The number of urea groups is 1. The van der Waals surface area contributed by atoms with Gasteiger partial charge >= 0.3 is 6.03 Å². The Labute approximate surface area is 159 Å². The van der Waals surface area contributed by atoms with Crippen molar-refractivity contribution in [3.8, 4) is 0 Å². The third-order valence-electron chi connectivity index (χ3n) is 3.56. The lowest BCUT2D eigenvalue weighted by Gasteiger charge is -2.13. The van der Waals surface area contributed by atoms with E-state index in [4.69, 9.17) is 11.6 Å². The van der Waals surface area contributed by atoms with Crippen LogP contribution in [0.1, 0.15) is 18.9 Å². The number of halogens is 1. The van der Waals surface area contributed by atoms with Gasteiger partial charge in [-0.1, -0.05) is 37.6 Å². The second-order valence-corrected chi connectivity index (χ2v) is 7.67. The van der Waals surface area contributed by atoms with E-state index in [1.165, 1.54) is 12.1 Å². The molecule has 2 rings (SSSR count). The van der Waals surface area contributed by atoms with Crippen molar-refractivity contribution < 1.29 is 13.2 Å². The zero-order valence-corrected chi connectivity index (χ0v) is 16.0. The molecule has 140 valence electrons. The van der Waals surface area contributed by atoms with Crippen molar-refractivity contribution in [2.24, 2.45) is 0 Å². The van der Waals surface area contributed by atoms with Gasteiger partial charge in [-0.2, -0.15) is 0 Å². The topological polar surface area (TPSA) is 87.3 Å². The lowest BCUT2D eigenvalue weighted by atomic mass is 10.1. The molecule has 2 aromatic rings. The van der Waals surface area contributed by atoms with E-state index in [0.717, 1.165) is 18.4 Å². The normalized spacial score (nSPS) is 11.0. The number of aryl methyl sites for hydroxylation is 1. The quantitative estimate of drug-likeness (QED) is 0.594. The molecule has 0 aliphatic heterocycles. The zero-order chi connectivity index (χ0) is 19.0. The molecule has 0 unspecified atom stereocenters. The molecule has 0 heterocycles. The molecule has 0 aliphatic rings. The van der Waals surface area contributed by atoms with E-state index in [1.54, 1.807) is 24.3 Å². The van der Waals surface area contributed by atoms with E-state index in [9.17, 15) is 13.2 Å². The van der Waals surface area contributed by atoms with Gasteiger partial charge in [-0.15, -0.1) is 11.6 Å². The second kappa shape index (κ2) is 9.45. The molecule has 0 fully saturated rings. The standard InChI is InChI=1S/C18H22ClN3O3S/c1-2-6-14-7-3-4-10-17(14)22-26(24,25)16-9-5-8-15(13-16)21-18(23)20-12-11-19/h3-5,7-10,13,22H,2,6,11-12H2,1H3,(H2,20,21,23). The second-order valence-electron chi connectivity index (χ2n) is 5.61. The van der Waals surface area contributed by atoms with Gasteiger partial charge in [0.2, 0.25) is 0 Å². The fraction of sp³-hybridized carbons (Fsp3) is 0.278. The highest BCUT2D eigenvalue weighted by Crippen LogP contribution is 2.22. The predicted molar refractivity (Wildman–Crippen MR) is 105 cm³/mol. The van der Waals surface area contributed by atoms with Gasteiger partial charge in [0, 0.05) is 18.1 Å². The molecule has 6 nitrogen and oxygen atoms in total. The number of anilines is 2. The largest absolute Gasteiger partial charge is 0.337 e. The summed E-state index contributed by atoms with van der Waals surface area (Å²) in [7, 11) is -3.77. The number of carbonyl (C=O) groups excluding carboxylic acids is 1. The minimum absolute atomic E-state index is 0.0685. The van der Waals surface area contributed by atoms with Gasteiger partial charge in [-0.05, 0) is 36.2 Å². The molecule has 2 aromatic carbocycles. The summed E-state index contributed by atoms with van der Waals surface area (Å²) in [6, 6.07) is 12.9. The van der Waals surface area contributed by atoms with E-state index in [2.05, 4.69) is 15.4 Å². The summed E-state index contributed by atoms with van der Waals surface area (Å²) >= 11 is 5.52. The number of hydrogen-bond acceptors (Lipinski definition) is 3. The first kappa shape index (κ1) is 20.1. The predicted octanol–water partition coefficient (Wildman–Crippen LogP) is 3.80. The maximum Gasteiger partial charge on any atom is 0.319 e. The van der Waals surface area contributed by atoms with E-state index in [-0.39, 0.29) is 4.90 Å². The third kappa shape index (κ3) is 5.64. The molecule has 0 saturated heterocycles. The van der Waals surface area contributed by atoms with Crippen molar-refractivity contribution in [1.82, 2.24) is 5.32 Å². The molecule has 0 aromatic heterocycles. The first-order chi connectivity index (χ1) is 12.5. The number of nitrogens with one attached hydrogen (secondary N) is 3. The molecule has 8 heteroatoms. The Kier molecular flexibility index (Phi) is 7.29.